The number of aliphatic hydroxyl groups excluding tert-OH is 1. The molecule has 0 saturated heterocycles. The summed E-state index contributed by atoms with van der Waals surface area (Å²) in [5, 5.41) is 25.9. The first-order valence-electron chi connectivity index (χ1n) is 16.2. The number of benzene rings is 3. The number of carbonyl (C=O) groups excluding carboxylic acids is 1. The maximum absolute atomic E-state index is 12.7. The molecular formula is C37H45NO6. The van der Waals surface area contributed by atoms with Crippen LogP contribution < -0.4 is 19.5 Å². The van der Waals surface area contributed by atoms with Gasteiger partial charge in [-0.1, -0.05) is 32.4 Å². The van der Waals surface area contributed by atoms with Crippen molar-refractivity contribution in [1.82, 2.24) is 5.32 Å². The van der Waals surface area contributed by atoms with Crippen molar-refractivity contribution in [2.75, 3.05) is 13.7 Å². The van der Waals surface area contributed by atoms with Crippen LogP contribution in [0.1, 0.15) is 85.3 Å². The van der Waals surface area contributed by atoms with Crippen molar-refractivity contribution < 1.29 is 29.2 Å². The molecule has 0 aromatic heterocycles. The predicted molar refractivity (Wildman–Crippen MR) is 170 cm³/mol. The third-order valence-corrected chi connectivity index (χ3v) is 10.6. The van der Waals surface area contributed by atoms with E-state index >= 15 is 0 Å². The van der Waals surface area contributed by atoms with E-state index in [0.29, 0.717) is 42.0 Å². The topological polar surface area (TPSA) is 97.3 Å². The number of phenolic OH excluding ortho intramolecular Hbond substituents is 1. The van der Waals surface area contributed by atoms with Crippen molar-refractivity contribution >= 4 is 5.97 Å². The van der Waals surface area contributed by atoms with E-state index in [-0.39, 0.29) is 23.0 Å². The Morgan fingerprint density at radius 1 is 1.02 bits per heavy atom. The van der Waals surface area contributed by atoms with Crippen LogP contribution in [0.3, 0.4) is 0 Å². The van der Waals surface area contributed by atoms with Crippen molar-refractivity contribution in [2.24, 2.45) is 17.3 Å². The fourth-order valence-corrected chi connectivity index (χ4v) is 8.09. The van der Waals surface area contributed by atoms with Crippen LogP contribution in [0, 0.1) is 17.3 Å². The Morgan fingerprint density at radius 3 is 2.55 bits per heavy atom. The van der Waals surface area contributed by atoms with Gasteiger partial charge in [0.1, 0.15) is 23.0 Å². The smallest absolute Gasteiger partial charge is 0.343 e. The number of phenols is 1. The standard InChI is InChI=1S/C37H45NO6/c1-4-5-18-43-26-10-6-23(7-11-26)36(41)44-28-12-8-25(34(39)20-28)22-38-33-21-32-31-14-9-24-19-27(42-3)13-15-29(24)30(31)16-17-37(32,2)35(33)40/h6-8,10-13,15,19-20,30-33,35,38-40H,4-5,9,14,16-18,21-22H2,1-3H3/t30?,31?,32?,33-,35+,37+/m1/s1. The fourth-order valence-electron chi connectivity index (χ4n) is 8.09. The second-order valence-electron chi connectivity index (χ2n) is 13.1. The van der Waals surface area contributed by atoms with Crippen molar-refractivity contribution in [3.8, 4) is 23.0 Å². The van der Waals surface area contributed by atoms with Gasteiger partial charge in [0.15, 0.2) is 0 Å². The van der Waals surface area contributed by atoms with Gasteiger partial charge in [-0.25, -0.2) is 4.79 Å². The molecule has 3 N–H and O–H groups in total. The zero-order chi connectivity index (χ0) is 30.8. The molecule has 3 unspecified atom stereocenters. The third-order valence-electron chi connectivity index (χ3n) is 10.6. The number of aromatic hydroxyl groups is 1. The van der Waals surface area contributed by atoms with Crippen LogP contribution in [0.15, 0.2) is 60.7 Å². The van der Waals surface area contributed by atoms with Crippen LogP contribution >= 0.6 is 0 Å². The highest BCUT2D eigenvalue weighted by molar-refractivity contribution is 5.91. The lowest BCUT2D eigenvalue weighted by atomic mass is 9.55. The Bertz CT molecular complexity index is 1470. The van der Waals surface area contributed by atoms with Gasteiger partial charge in [0, 0.05) is 24.2 Å². The SMILES string of the molecule is CCCCOc1ccc(C(=O)Oc2ccc(CN[C@@H]3CC4C5CCc6cc(OC)ccc6C5CC[C@]4(C)[C@H]3O)c(O)c2)cc1. The minimum Gasteiger partial charge on any atom is -0.507 e. The molecule has 3 aliphatic carbocycles. The molecule has 234 valence electrons. The number of ether oxygens (including phenoxy) is 3. The quantitative estimate of drug-likeness (QED) is 0.134. The minimum atomic E-state index is -0.497. The van der Waals surface area contributed by atoms with E-state index in [2.05, 4.69) is 37.4 Å². The molecule has 7 nitrogen and oxygen atoms in total. The van der Waals surface area contributed by atoms with Gasteiger partial charge in [0.2, 0.25) is 0 Å². The molecule has 0 heterocycles. The summed E-state index contributed by atoms with van der Waals surface area (Å²) in [4.78, 5) is 12.7. The first-order chi connectivity index (χ1) is 21.3. The van der Waals surface area contributed by atoms with E-state index in [1.807, 2.05) is 0 Å². The Kier molecular flexibility index (Phi) is 8.88. The Balaban J connectivity index is 1.06. The molecule has 3 aromatic rings. The lowest BCUT2D eigenvalue weighted by Gasteiger charge is -2.50. The van der Waals surface area contributed by atoms with E-state index in [4.69, 9.17) is 14.2 Å². The molecule has 3 aliphatic rings. The zero-order valence-electron chi connectivity index (χ0n) is 26.1. The highest BCUT2D eigenvalue weighted by Crippen LogP contribution is 2.61. The molecule has 6 rings (SSSR count). The molecule has 0 radical (unpaired) electrons. The normalized spacial score (nSPS) is 27.1. The maximum atomic E-state index is 12.7. The van der Waals surface area contributed by atoms with Crippen LogP contribution in [-0.2, 0) is 13.0 Å². The van der Waals surface area contributed by atoms with Gasteiger partial charge >= 0.3 is 5.97 Å². The average Bonchev–Trinajstić information content (AvgIpc) is 3.30. The molecule has 2 fully saturated rings. The summed E-state index contributed by atoms with van der Waals surface area (Å²) < 4.78 is 16.7. The van der Waals surface area contributed by atoms with Gasteiger partial charge in [-0.05, 0) is 115 Å². The number of esters is 1. The van der Waals surface area contributed by atoms with Gasteiger partial charge in [-0.2, -0.15) is 0 Å². The van der Waals surface area contributed by atoms with Crippen molar-refractivity contribution in [2.45, 2.75) is 83.4 Å². The number of aliphatic hydroxyl groups is 1. The molecule has 44 heavy (non-hydrogen) atoms. The number of aryl methyl sites for hydroxylation is 1. The predicted octanol–water partition coefficient (Wildman–Crippen LogP) is 6.78. The Morgan fingerprint density at radius 2 is 1.80 bits per heavy atom. The number of nitrogens with one attached hydrogen (secondary N) is 1. The van der Waals surface area contributed by atoms with Gasteiger partial charge in [0.05, 0.1) is 25.4 Å². The Labute approximate surface area is 260 Å². The fraction of sp³-hybridized carbons (Fsp3) is 0.486. The number of unbranched alkanes of at least 4 members (excludes halogenated alkanes) is 1. The highest BCUT2D eigenvalue weighted by Gasteiger charge is 2.57. The van der Waals surface area contributed by atoms with Gasteiger partial charge < -0.3 is 29.7 Å². The number of carbonyl (C=O) groups is 1. The lowest BCUT2D eigenvalue weighted by molar-refractivity contribution is -0.0281. The molecule has 2 saturated carbocycles. The molecule has 0 aliphatic heterocycles. The van der Waals surface area contributed by atoms with Gasteiger partial charge in [0.25, 0.3) is 0 Å². The average molecular weight is 600 g/mol. The van der Waals surface area contributed by atoms with E-state index in [9.17, 15) is 15.0 Å². The van der Waals surface area contributed by atoms with Crippen molar-refractivity contribution in [3.63, 3.8) is 0 Å². The summed E-state index contributed by atoms with van der Waals surface area (Å²) in [6.45, 7) is 5.45. The highest BCUT2D eigenvalue weighted by atomic mass is 16.5. The second-order valence-corrected chi connectivity index (χ2v) is 13.1. The first-order valence-corrected chi connectivity index (χ1v) is 16.2. The molecule has 6 atom stereocenters. The first kappa shape index (κ1) is 30.5. The lowest BCUT2D eigenvalue weighted by Crippen LogP contribution is -2.46. The third kappa shape index (κ3) is 5.92. The molecule has 0 bridgehead atoms. The van der Waals surface area contributed by atoms with Crippen LogP contribution in [0.25, 0.3) is 0 Å². The summed E-state index contributed by atoms with van der Waals surface area (Å²) in [6, 6.07) is 18.3. The van der Waals surface area contributed by atoms with E-state index in [1.54, 1.807) is 43.5 Å². The Hall–Kier alpha value is -3.55. The maximum Gasteiger partial charge on any atom is 0.343 e. The molecule has 0 amide bonds. The van der Waals surface area contributed by atoms with Crippen molar-refractivity contribution in [3.05, 3.63) is 82.9 Å². The van der Waals surface area contributed by atoms with Crippen LogP contribution in [0.4, 0.5) is 0 Å². The van der Waals surface area contributed by atoms with Crippen LogP contribution in [-0.4, -0.2) is 42.0 Å². The van der Waals surface area contributed by atoms with Crippen molar-refractivity contribution in [1.29, 1.82) is 0 Å². The molecule has 3 aromatic carbocycles. The second kappa shape index (κ2) is 12.8. The number of rotatable bonds is 10. The molecule has 0 spiro atoms. The number of hydrogen-bond donors (Lipinski definition) is 3. The number of fused-ring (bicyclic) bond motifs is 5. The minimum absolute atomic E-state index is 0.0492. The van der Waals surface area contributed by atoms with E-state index < -0.39 is 12.1 Å². The summed E-state index contributed by atoms with van der Waals surface area (Å²) in [5.41, 5.74) is 3.87. The van der Waals surface area contributed by atoms with Gasteiger partial charge in [-0.3, -0.25) is 0 Å². The summed E-state index contributed by atoms with van der Waals surface area (Å²) in [7, 11) is 1.72. The monoisotopic (exact) mass is 599 g/mol. The molecular weight excluding hydrogens is 554 g/mol. The summed E-state index contributed by atoms with van der Waals surface area (Å²) in [6.07, 6.45) is 6.80. The van der Waals surface area contributed by atoms with Gasteiger partial charge in [-0.15, -0.1) is 0 Å². The number of hydrogen-bond acceptors (Lipinski definition) is 7. The van der Waals surface area contributed by atoms with E-state index in [0.717, 1.165) is 56.4 Å². The molecule has 7 heteroatoms. The van der Waals surface area contributed by atoms with Crippen LogP contribution in [0.5, 0.6) is 23.0 Å². The number of methoxy groups -OCH3 is 1. The largest absolute Gasteiger partial charge is 0.507 e. The zero-order valence-corrected chi connectivity index (χ0v) is 26.1. The van der Waals surface area contributed by atoms with E-state index in [1.165, 1.54) is 17.2 Å². The summed E-state index contributed by atoms with van der Waals surface area (Å²) in [5.74, 6) is 3.01. The summed E-state index contributed by atoms with van der Waals surface area (Å²) >= 11 is 0. The van der Waals surface area contributed by atoms with Crippen LogP contribution in [0.2, 0.25) is 0 Å².